The van der Waals surface area contributed by atoms with E-state index in [4.69, 9.17) is 0 Å². The molecule has 2 heterocycles. The summed E-state index contributed by atoms with van der Waals surface area (Å²) >= 11 is 3.33. The Morgan fingerprint density at radius 1 is 1.47 bits per heavy atom. The highest BCUT2D eigenvalue weighted by molar-refractivity contribution is 9.10. The summed E-state index contributed by atoms with van der Waals surface area (Å²) in [5.41, 5.74) is 1.76. The average Bonchev–Trinajstić information content (AvgIpc) is 2.78. The van der Waals surface area contributed by atoms with Crippen molar-refractivity contribution in [3.8, 4) is 0 Å². The van der Waals surface area contributed by atoms with Gasteiger partial charge < -0.3 is 10.6 Å². The van der Waals surface area contributed by atoms with Crippen molar-refractivity contribution in [3.63, 3.8) is 0 Å². The molecule has 2 rings (SSSR count). The van der Waals surface area contributed by atoms with Gasteiger partial charge in [0.2, 0.25) is 5.91 Å². The first-order chi connectivity index (χ1) is 9.11. The molecule has 0 saturated heterocycles. The zero-order valence-corrected chi connectivity index (χ0v) is 12.4. The number of carbonyl (C=O) groups excluding carboxylic acids is 1. The molecule has 6 nitrogen and oxygen atoms in total. The van der Waals surface area contributed by atoms with Crippen LogP contribution in [-0.2, 0) is 11.3 Å². The molecular formula is C12H16BrN5O. The molecule has 0 aliphatic rings. The average molecular weight is 326 g/mol. The minimum absolute atomic E-state index is 0.000770. The smallest absolute Gasteiger partial charge is 0.236 e. The molecule has 1 amide bonds. The Bertz CT molecular complexity index is 583. The van der Waals surface area contributed by atoms with E-state index in [-0.39, 0.29) is 11.9 Å². The number of rotatable bonds is 5. The fourth-order valence-electron chi connectivity index (χ4n) is 1.72. The van der Waals surface area contributed by atoms with Crippen LogP contribution in [0.1, 0.15) is 19.5 Å². The minimum Gasteiger partial charge on any atom is -0.355 e. The molecule has 0 saturated carbocycles. The number of hydrogen-bond acceptors (Lipinski definition) is 4. The number of nitrogens with one attached hydrogen (secondary N) is 2. The van der Waals surface area contributed by atoms with Crippen LogP contribution in [0, 0.1) is 0 Å². The van der Waals surface area contributed by atoms with E-state index in [2.05, 4.69) is 36.5 Å². The fourth-order valence-corrected chi connectivity index (χ4v) is 2.03. The third-order valence-corrected chi connectivity index (χ3v) is 3.18. The zero-order chi connectivity index (χ0) is 13.8. The highest BCUT2D eigenvalue weighted by Crippen LogP contribution is 2.10. The summed E-state index contributed by atoms with van der Waals surface area (Å²) in [6.45, 7) is 4.94. The van der Waals surface area contributed by atoms with Crippen LogP contribution in [0.5, 0.6) is 0 Å². The maximum absolute atomic E-state index is 11.6. The van der Waals surface area contributed by atoms with Gasteiger partial charge in [-0.05, 0) is 29.8 Å². The number of carbonyl (C=O) groups is 1. The molecule has 0 aliphatic heterocycles. The Morgan fingerprint density at radius 2 is 2.26 bits per heavy atom. The van der Waals surface area contributed by atoms with E-state index in [0.717, 1.165) is 15.9 Å². The number of halogens is 1. The van der Waals surface area contributed by atoms with Crippen LogP contribution >= 0.6 is 15.9 Å². The van der Waals surface area contributed by atoms with Gasteiger partial charge in [-0.2, -0.15) is 0 Å². The Hall–Kier alpha value is -1.47. The third kappa shape index (κ3) is 3.30. The Morgan fingerprint density at radius 3 is 3.00 bits per heavy atom. The van der Waals surface area contributed by atoms with Gasteiger partial charge >= 0.3 is 0 Å². The molecule has 2 N–H and O–H groups in total. The Balaban J connectivity index is 2.05. The van der Waals surface area contributed by atoms with Gasteiger partial charge in [0.15, 0.2) is 5.65 Å². The van der Waals surface area contributed by atoms with E-state index < -0.39 is 0 Å². The molecule has 2 aromatic rings. The number of imidazole rings is 1. The normalized spacial score (nSPS) is 12.6. The molecule has 19 heavy (non-hydrogen) atoms. The molecule has 0 aromatic carbocycles. The van der Waals surface area contributed by atoms with Crippen LogP contribution < -0.4 is 10.6 Å². The fraction of sp³-hybridized carbons (Fsp3) is 0.417. The Kier molecular flexibility index (Phi) is 4.49. The summed E-state index contributed by atoms with van der Waals surface area (Å²) in [6.07, 6.45) is 5.33. The van der Waals surface area contributed by atoms with Gasteiger partial charge in [-0.1, -0.05) is 0 Å². The van der Waals surface area contributed by atoms with E-state index in [9.17, 15) is 4.79 Å². The van der Waals surface area contributed by atoms with Crippen molar-refractivity contribution in [3.05, 3.63) is 28.9 Å². The van der Waals surface area contributed by atoms with Crippen LogP contribution in [-0.4, -0.2) is 32.9 Å². The summed E-state index contributed by atoms with van der Waals surface area (Å²) in [4.78, 5) is 20.0. The number of nitrogens with zero attached hydrogens (tertiary/aromatic N) is 3. The van der Waals surface area contributed by atoms with E-state index in [0.29, 0.717) is 13.1 Å². The first-order valence-electron chi connectivity index (χ1n) is 6.10. The zero-order valence-electron chi connectivity index (χ0n) is 10.9. The lowest BCUT2D eigenvalue weighted by Crippen LogP contribution is -2.41. The lowest BCUT2D eigenvalue weighted by atomic mass is 10.3. The van der Waals surface area contributed by atoms with Crippen molar-refractivity contribution in [2.24, 2.45) is 0 Å². The maximum Gasteiger partial charge on any atom is 0.236 e. The summed E-state index contributed by atoms with van der Waals surface area (Å²) in [5, 5.41) is 5.95. The van der Waals surface area contributed by atoms with Crippen LogP contribution in [0.2, 0.25) is 0 Å². The van der Waals surface area contributed by atoms with Gasteiger partial charge in [0, 0.05) is 19.3 Å². The van der Waals surface area contributed by atoms with Crippen molar-refractivity contribution in [1.29, 1.82) is 0 Å². The molecule has 0 spiro atoms. The molecule has 102 valence electrons. The van der Waals surface area contributed by atoms with Gasteiger partial charge in [0.25, 0.3) is 0 Å². The summed E-state index contributed by atoms with van der Waals surface area (Å²) in [7, 11) is 0. The second kappa shape index (κ2) is 6.12. The number of fused-ring (bicyclic) bond motifs is 1. The van der Waals surface area contributed by atoms with Crippen molar-refractivity contribution in [2.45, 2.75) is 26.4 Å². The number of aromatic nitrogens is 3. The Labute approximate surface area is 119 Å². The number of amides is 1. The summed E-state index contributed by atoms with van der Waals surface area (Å²) in [5.74, 6) is -0.000770. The predicted octanol–water partition coefficient (Wildman–Crippen LogP) is 1.11. The molecule has 0 fully saturated rings. The van der Waals surface area contributed by atoms with Crippen molar-refractivity contribution >= 4 is 27.5 Å². The van der Waals surface area contributed by atoms with Gasteiger partial charge in [-0.25, -0.2) is 9.97 Å². The molecule has 0 bridgehead atoms. The van der Waals surface area contributed by atoms with Crippen molar-refractivity contribution in [1.82, 2.24) is 25.0 Å². The minimum atomic E-state index is -0.240. The van der Waals surface area contributed by atoms with Gasteiger partial charge in [-0.15, -0.1) is 0 Å². The van der Waals surface area contributed by atoms with E-state index in [1.54, 1.807) is 12.4 Å². The molecule has 2 aromatic heterocycles. The van der Waals surface area contributed by atoms with E-state index >= 15 is 0 Å². The standard InChI is InChI=1S/C12H16BrN5O/c1-3-14-12(19)8(2)15-4-9-5-17-11-6-16-10(13)7-18(9)11/h5-8,15H,3-4H2,1-2H3,(H,14,19). The lowest BCUT2D eigenvalue weighted by molar-refractivity contribution is -0.122. The second-order valence-corrected chi connectivity index (χ2v) is 5.00. The highest BCUT2D eigenvalue weighted by Gasteiger charge is 2.12. The van der Waals surface area contributed by atoms with Crippen LogP contribution in [0.4, 0.5) is 0 Å². The lowest BCUT2D eigenvalue weighted by Gasteiger charge is -2.12. The van der Waals surface area contributed by atoms with E-state index in [1.165, 1.54) is 0 Å². The molecule has 1 atom stereocenters. The summed E-state index contributed by atoms with van der Waals surface area (Å²) in [6, 6.07) is -0.240. The predicted molar refractivity (Wildman–Crippen MR) is 75.7 cm³/mol. The topological polar surface area (TPSA) is 71.3 Å². The monoisotopic (exact) mass is 325 g/mol. The highest BCUT2D eigenvalue weighted by atomic mass is 79.9. The van der Waals surface area contributed by atoms with Crippen molar-refractivity contribution in [2.75, 3.05) is 6.54 Å². The number of likely N-dealkylation sites (N-methyl/N-ethyl adjacent to an activating group) is 1. The van der Waals surface area contributed by atoms with Crippen molar-refractivity contribution < 1.29 is 4.79 Å². The first kappa shape index (κ1) is 14.0. The third-order valence-electron chi connectivity index (χ3n) is 2.77. The maximum atomic E-state index is 11.6. The second-order valence-electron chi connectivity index (χ2n) is 4.18. The molecule has 0 radical (unpaired) electrons. The SMILES string of the molecule is CCNC(=O)C(C)NCc1cnc2cnc(Br)cn12. The van der Waals surface area contributed by atoms with Crippen LogP contribution in [0.15, 0.2) is 23.2 Å². The number of hydrogen-bond donors (Lipinski definition) is 2. The largest absolute Gasteiger partial charge is 0.355 e. The molecular weight excluding hydrogens is 310 g/mol. The van der Waals surface area contributed by atoms with Gasteiger partial charge in [0.05, 0.1) is 24.1 Å². The van der Waals surface area contributed by atoms with E-state index in [1.807, 2.05) is 24.4 Å². The first-order valence-corrected chi connectivity index (χ1v) is 6.89. The quantitative estimate of drug-likeness (QED) is 0.863. The van der Waals surface area contributed by atoms with Crippen LogP contribution in [0.25, 0.3) is 5.65 Å². The van der Waals surface area contributed by atoms with Gasteiger partial charge in [-0.3, -0.25) is 9.20 Å². The summed E-state index contributed by atoms with van der Waals surface area (Å²) < 4.78 is 2.69. The molecule has 0 aliphatic carbocycles. The molecule has 1 unspecified atom stereocenters. The van der Waals surface area contributed by atoms with Crippen LogP contribution in [0.3, 0.4) is 0 Å². The molecule has 7 heteroatoms. The van der Waals surface area contributed by atoms with Gasteiger partial charge in [0.1, 0.15) is 4.60 Å².